The highest BCUT2D eigenvalue weighted by Crippen LogP contribution is 2.30. The second-order valence-electron chi connectivity index (χ2n) is 6.60. The number of aromatic nitrogens is 3. The van der Waals surface area contributed by atoms with E-state index in [2.05, 4.69) is 78.3 Å². The first-order valence-corrected chi connectivity index (χ1v) is 7.03. The van der Waals surface area contributed by atoms with Crippen LogP contribution in [0.4, 0.5) is 11.9 Å². The van der Waals surface area contributed by atoms with E-state index in [4.69, 9.17) is 5.73 Å². The molecule has 0 atom stereocenters. The highest BCUT2D eigenvalue weighted by atomic mass is 15.2. The zero-order valence-corrected chi connectivity index (χ0v) is 13.3. The van der Waals surface area contributed by atoms with E-state index >= 15 is 0 Å². The summed E-state index contributed by atoms with van der Waals surface area (Å²) in [5, 5.41) is 3.22. The number of nitrogens with one attached hydrogen (secondary N) is 1. The molecule has 21 heavy (non-hydrogen) atoms. The molecule has 0 saturated carbocycles. The van der Waals surface area contributed by atoms with Gasteiger partial charge < -0.3 is 11.1 Å². The van der Waals surface area contributed by atoms with Crippen LogP contribution >= 0.6 is 0 Å². The molecule has 0 unspecified atom stereocenters. The minimum absolute atomic E-state index is 0.00645. The van der Waals surface area contributed by atoms with Gasteiger partial charge in [-0.2, -0.15) is 15.0 Å². The van der Waals surface area contributed by atoms with Gasteiger partial charge in [-0.3, -0.25) is 0 Å². The molecule has 3 N–H and O–H groups in total. The average molecular weight is 285 g/mol. The van der Waals surface area contributed by atoms with Gasteiger partial charge in [0.2, 0.25) is 11.9 Å². The van der Waals surface area contributed by atoms with Crippen molar-refractivity contribution in [3.8, 4) is 0 Å². The van der Waals surface area contributed by atoms with Crippen molar-refractivity contribution in [1.82, 2.24) is 15.0 Å². The van der Waals surface area contributed by atoms with Crippen LogP contribution in [0.15, 0.2) is 36.1 Å². The molecule has 1 aromatic rings. The van der Waals surface area contributed by atoms with Gasteiger partial charge in [-0.25, -0.2) is 0 Å². The van der Waals surface area contributed by atoms with Crippen molar-refractivity contribution in [2.24, 2.45) is 10.8 Å². The number of allylic oxidation sites excluding steroid dienone is 5. The summed E-state index contributed by atoms with van der Waals surface area (Å²) in [7, 11) is 0. The second-order valence-corrected chi connectivity index (χ2v) is 6.60. The smallest absolute Gasteiger partial charge is 0.232 e. The van der Waals surface area contributed by atoms with Crippen LogP contribution in [-0.4, -0.2) is 15.0 Å². The van der Waals surface area contributed by atoms with Gasteiger partial charge >= 0.3 is 0 Å². The molecule has 1 heterocycles. The Kier molecular flexibility index (Phi) is 3.85. The minimum Gasteiger partial charge on any atom is -0.368 e. The van der Waals surface area contributed by atoms with E-state index in [-0.39, 0.29) is 16.8 Å². The fourth-order valence-corrected chi connectivity index (χ4v) is 2.05. The van der Waals surface area contributed by atoms with E-state index in [0.29, 0.717) is 11.8 Å². The number of nitrogens with two attached hydrogens (primary N) is 1. The Balaban J connectivity index is 2.35. The summed E-state index contributed by atoms with van der Waals surface area (Å²) < 4.78 is 0. The molecule has 0 aliphatic heterocycles. The molecule has 0 radical (unpaired) electrons. The minimum atomic E-state index is -0.0576. The number of nitrogen functional groups attached to an aromatic ring is 1. The van der Waals surface area contributed by atoms with Crippen LogP contribution in [0.3, 0.4) is 0 Å². The van der Waals surface area contributed by atoms with Crippen LogP contribution in [0, 0.1) is 17.8 Å². The lowest BCUT2D eigenvalue weighted by Gasteiger charge is -2.24. The maximum absolute atomic E-state index is 5.67. The predicted octanol–water partition coefficient (Wildman–Crippen LogP) is 3.24. The monoisotopic (exact) mass is 285 g/mol. The van der Waals surface area contributed by atoms with Crippen LogP contribution in [0.1, 0.15) is 33.5 Å². The Morgan fingerprint density at radius 1 is 0.952 bits per heavy atom. The average Bonchev–Trinajstić information content (AvgIpc) is 2.32. The topological polar surface area (TPSA) is 76.7 Å². The van der Waals surface area contributed by atoms with E-state index in [9.17, 15) is 0 Å². The third-order valence-corrected chi connectivity index (χ3v) is 3.18. The van der Waals surface area contributed by atoms with Crippen LogP contribution in [0.5, 0.6) is 0 Å². The molecule has 2 rings (SSSR count). The molecule has 1 aliphatic rings. The van der Waals surface area contributed by atoms with Crippen LogP contribution in [0.25, 0.3) is 0 Å². The van der Waals surface area contributed by atoms with Crippen molar-refractivity contribution < 1.29 is 0 Å². The maximum Gasteiger partial charge on any atom is 0.232 e. The molecule has 5 nitrogen and oxygen atoms in total. The fraction of sp³-hybridized carbons (Fsp3) is 0.438. The second kappa shape index (κ2) is 5.31. The van der Waals surface area contributed by atoms with Gasteiger partial charge in [-0.1, -0.05) is 52.0 Å². The number of anilines is 2. The summed E-state index contributed by atoms with van der Waals surface area (Å²) in [6, 6.07) is 0. The standard InChI is InChI=1S/C16H23N5/c1-11-18-13(17)21-14(19-11)20-12-6-7-15(2,3)8-9-16(4,5)10-12/h6-10H,1-5H3,(H3,17,18,19,20,21). The summed E-state index contributed by atoms with van der Waals surface area (Å²) in [6.07, 6.45) is 10.8. The van der Waals surface area contributed by atoms with Crippen molar-refractivity contribution in [2.45, 2.75) is 34.6 Å². The zero-order chi connectivity index (χ0) is 15.7. The Morgan fingerprint density at radius 2 is 1.62 bits per heavy atom. The maximum atomic E-state index is 5.67. The highest BCUT2D eigenvalue weighted by molar-refractivity contribution is 5.44. The van der Waals surface area contributed by atoms with E-state index in [1.54, 1.807) is 6.92 Å². The van der Waals surface area contributed by atoms with E-state index in [0.717, 1.165) is 5.70 Å². The van der Waals surface area contributed by atoms with Crippen LogP contribution < -0.4 is 11.1 Å². The molecule has 1 aromatic heterocycles. The first-order valence-electron chi connectivity index (χ1n) is 7.03. The third-order valence-electron chi connectivity index (χ3n) is 3.18. The van der Waals surface area contributed by atoms with Crippen molar-refractivity contribution in [2.75, 3.05) is 11.1 Å². The molecule has 0 saturated heterocycles. The molecule has 0 aromatic carbocycles. The fourth-order valence-electron chi connectivity index (χ4n) is 2.05. The van der Waals surface area contributed by atoms with E-state index in [1.807, 2.05) is 0 Å². The molecule has 0 bridgehead atoms. The Labute approximate surface area is 126 Å². The third kappa shape index (κ3) is 4.41. The van der Waals surface area contributed by atoms with E-state index < -0.39 is 0 Å². The zero-order valence-electron chi connectivity index (χ0n) is 13.3. The summed E-state index contributed by atoms with van der Waals surface area (Å²) >= 11 is 0. The largest absolute Gasteiger partial charge is 0.368 e. The number of nitrogens with zero attached hydrogens (tertiary/aromatic N) is 3. The van der Waals surface area contributed by atoms with Crippen molar-refractivity contribution in [1.29, 1.82) is 0 Å². The quantitative estimate of drug-likeness (QED) is 0.816. The van der Waals surface area contributed by atoms with Gasteiger partial charge in [0.05, 0.1) is 0 Å². The van der Waals surface area contributed by atoms with Gasteiger partial charge in [0.15, 0.2) is 0 Å². The lowest BCUT2D eigenvalue weighted by molar-refractivity contribution is 0.573. The Morgan fingerprint density at radius 3 is 2.29 bits per heavy atom. The Bertz CT molecular complexity index is 603. The van der Waals surface area contributed by atoms with Gasteiger partial charge in [-0.05, 0) is 13.0 Å². The summed E-state index contributed by atoms with van der Waals surface area (Å²) in [4.78, 5) is 12.4. The molecular weight excluding hydrogens is 262 g/mol. The SMILES string of the molecule is Cc1nc(N)nc(NC2=CC(C)(C)C=CC(C)(C)C=C2)n1. The normalized spacial score (nSPS) is 19.6. The van der Waals surface area contributed by atoms with Gasteiger partial charge in [0.1, 0.15) is 5.82 Å². The van der Waals surface area contributed by atoms with Crippen LogP contribution in [0.2, 0.25) is 0 Å². The molecule has 0 amide bonds. The first-order chi connectivity index (χ1) is 9.65. The summed E-state index contributed by atoms with van der Waals surface area (Å²) in [5.74, 6) is 1.29. The lowest BCUT2D eigenvalue weighted by Crippen LogP contribution is -2.15. The molecule has 5 heteroatoms. The first kappa shape index (κ1) is 15.2. The van der Waals surface area contributed by atoms with Gasteiger partial charge in [0.25, 0.3) is 0 Å². The summed E-state index contributed by atoms with van der Waals surface area (Å²) in [5.41, 5.74) is 6.56. The van der Waals surface area contributed by atoms with Gasteiger partial charge in [-0.15, -0.1) is 0 Å². The molecule has 0 fully saturated rings. The molecular formula is C16H23N5. The lowest BCUT2D eigenvalue weighted by atomic mass is 9.83. The number of rotatable bonds is 2. The van der Waals surface area contributed by atoms with Crippen LogP contribution in [-0.2, 0) is 0 Å². The predicted molar refractivity (Wildman–Crippen MR) is 86.5 cm³/mol. The molecule has 112 valence electrons. The summed E-state index contributed by atoms with van der Waals surface area (Å²) in [6.45, 7) is 10.5. The number of hydrogen-bond donors (Lipinski definition) is 2. The van der Waals surface area contributed by atoms with Crippen molar-refractivity contribution >= 4 is 11.9 Å². The van der Waals surface area contributed by atoms with Crippen molar-refractivity contribution in [3.05, 3.63) is 41.9 Å². The Hall–Kier alpha value is -2.17. The van der Waals surface area contributed by atoms with Gasteiger partial charge in [0, 0.05) is 16.5 Å². The highest BCUT2D eigenvalue weighted by Gasteiger charge is 2.18. The molecule has 1 aliphatic carbocycles. The number of aryl methyl sites for hydroxylation is 1. The van der Waals surface area contributed by atoms with Crippen molar-refractivity contribution in [3.63, 3.8) is 0 Å². The number of hydrogen-bond acceptors (Lipinski definition) is 5. The van der Waals surface area contributed by atoms with E-state index in [1.165, 1.54) is 0 Å². The molecule has 0 spiro atoms.